The number of ether oxygens (including phenoxy) is 1. The lowest BCUT2D eigenvalue weighted by atomic mass is 10.0. The van der Waals surface area contributed by atoms with Crippen molar-refractivity contribution in [2.75, 3.05) is 36.1 Å². The van der Waals surface area contributed by atoms with E-state index in [0.29, 0.717) is 53.7 Å². The molecule has 0 aromatic carbocycles. The average molecular weight is 805 g/mol. The van der Waals surface area contributed by atoms with Gasteiger partial charge in [-0.15, -0.1) is 0 Å². The molecule has 2 aromatic heterocycles. The van der Waals surface area contributed by atoms with Gasteiger partial charge in [-0.05, 0) is 82.4 Å². The Morgan fingerprint density at radius 3 is 2.73 bits per heavy atom. The number of imidazole rings is 1. The number of unbranched alkanes of at least 4 members (excludes halogenated alkanes) is 7. The molecule has 5 rings (SSSR count). The van der Waals surface area contributed by atoms with Gasteiger partial charge in [-0.25, -0.2) is 24.5 Å². The van der Waals surface area contributed by atoms with Crippen molar-refractivity contribution in [2.45, 2.75) is 131 Å². The molecular weight excluding hydrogens is 749 g/mol. The molecule has 8 N–H and O–H groups in total. The van der Waals surface area contributed by atoms with Crippen LogP contribution in [0.2, 0.25) is 0 Å². The van der Waals surface area contributed by atoms with E-state index in [-0.39, 0.29) is 29.8 Å². The zero-order valence-corrected chi connectivity index (χ0v) is 32.8. The second kappa shape index (κ2) is 22.3. The quantitative estimate of drug-likeness (QED) is 0.0434. The van der Waals surface area contributed by atoms with Crippen molar-refractivity contribution in [3.05, 3.63) is 12.7 Å². The summed E-state index contributed by atoms with van der Waals surface area (Å²) < 4.78 is 7.48. The highest BCUT2D eigenvalue weighted by Crippen LogP contribution is 2.34. The van der Waals surface area contributed by atoms with Gasteiger partial charge in [0.2, 0.25) is 5.91 Å². The summed E-state index contributed by atoms with van der Waals surface area (Å²) in [5.74, 6) is 1.17. The summed E-state index contributed by atoms with van der Waals surface area (Å²) in [5, 5.41) is 40.3. The molecule has 0 unspecified atom stereocenters. The monoisotopic (exact) mass is 804 g/mol. The van der Waals surface area contributed by atoms with E-state index >= 15 is 0 Å². The zero-order valence-electron chi connectivity index (χ0n) is 31.2. The van der Waals surface area contributed by atoms with E-state index in [1.165, 1.54) is 29.0 Å². The number of nitrogens with one attached hydrogen (secondary N) is 3. The van der Waals surface area contributed by atoms with Crippen LogP contribution in [0.15, 0.2) is 22.6 Å². The summed E-state index contributed by atoms with van der Waals surface area (Å²) >= 11 is 3.35. The number of nitrogens with two attached hydrogens (primary N) is 1. The van der Waals surface area contributed by atoms with E-state index in [9.17, 15) is 29.7 Å². The first-order valence-electron chi connectivity index (χ1n) is 19.4. The third-order valence-electron chi connectivity index (χ3n) is 10.0. The van der Waals surface area contributed by atoms with Gasteiger partial charge in [-0.1, -0.05) is 12.8 Å². The highest BCUT2D eigenvalue weighted by atomic mass is 32.2. The molecule has 0 spiro atoms. The molecular formula is C36H56N10O7S2. The fraction of sp³-hybridized carbons (Fsp3) is 0.722. The molecule has 0 saturated carbocycles. The van der Waals surface area contributed by atoms with Gasteiger partial charge in [0, 0.05) is 36.3 Å². The Bertz CT molecular complexity index is 1600. The second-order valence-corrected chi connectivity index (χ2v) is 16.6. The van der Waals surface area contributed by atoms with Crippen LogP contribution in [0.1, 0.15) is 89.7 Å². The van der Waals surface area contributed by atoms with Crippen LogP contribution in [0.4, 0.5) is 10.6 Å². The Morgan fingerprint density at radius 1 is 1.07 bits per heavy atom. The van der Waals surface area contributed by atoms with E-state index in [2.05, 4.69) is 40.9 Å². The molecule has 8 atom stereocenters. The van der Waals surface area contributed by atoms with Crippen molar-refractivity contribution in [2.24, 2.45) is 9.98 Å². The lowest BCUT2D eigenvalue weighted by molar-refractivity contribution is -0.138. The maximum Gasteiger partial charge on any atom is 0.328 e. The molecule has 5 heterocycles. The molecule has 3 fully saturated rings. The number of nitrogens with zero attached hydrogens (tertiary/aromatic N) is 6. The number of carbonyl (C=O) groups excluding carboxylic acids is 2. The first-order valence-corrected chi connectivity index (χ1v) is 21.6. The number of aliphatic carboxylic acids is 1. The Labute approximate surface area is 329 Å². The lowest BCUT2D eigenvalue weighted by Gasteiger charge is -2.16. The molecule has 3 aliphatic rings. The number of aliphatic hydroxyl groups excluding tert-OH is 2. The number of thioether (sulfide) groups is 2. The first kappa shape index (κ1) is 42.6. The van der Waals surface area contributed by atoms with Gasteiger partial charge in [-0.3, -0.25) is 19.3 Å². The Morgan fingerprint density at radius 2 is 1.89 bits per heavy atom. The van der Waals surface area contributed by atoms with Gasteiger partial charge >= 0.3 is 12.0 Å². The number of aliphatic hydroxyl groups is 2. The maximum absolute atomic E-state index is 12.1. The van der Waals surface area contributed by atoms with Gasteiger partial charge < -0.3 is 41.7 Å². The normalized spacial score (nSPS) is 25.5. The van der Waals surface area contributed by atoms with E-state index < -0.39 is 36.6 Å². The lowest BCUT2D eigenvalue weighted by Crippen LogP contribution is -2.36. The van der Waals surface area contributed by atoms with Crippen LogP contribution in [0, 0.1) is 0 Å². The molecule has 19 heteroatoms. The van der Waals surface area contributed by atoms with Gasteiger partial charge in [0.15, 0.2) is 17.7 Å². The number of carboxylic acid groups (broad SMARTS) is 1. The molecule has 0 aliphatic carbocycles. The van der Waals surface area contributed by atoms with E-state index in [0.717, 1.165) is 76.5 Å². The standard InChI is InChI=1S/C36H56N10O7S2/c37-32-29-33(42-21-41-32)46(22-43-29)34-31(49)30(48)25(53-34)20-54-18-13-23(35(50)51)39-16-9-3-1-2-7-14-38-15-8-4-10-17-40-27(47)12-6-5-11-26-28-24(19-55-26)44-36(52)45-28/h14,16,21-26,28,30-31,34,48-49H,1-13,15,17-20H2,(H,40,47)(H,50,51)(H2,37,41,42)(H2,44,45,52)/b38-14-,39-16+/t23-,24-,25+,26-,28-,30+,31+,34+/m0/s1. The Balaban J connectivity index is 0.819. The van der Waals surface area contributed by atoms with Gasteiger partial charge in [0.25, 0.3) is 0 Å². The SMILES string of the molecule is Nc1ncnc2c1ncn2[C@@H]1O[C@H](CSCC[C@H](/N=C/CCCCC/C=N\CCCCCNC(=O)CCCC[C@@H]2SC[C@@H]3NC(=O)N[C@@H]32)C(=O)O)[C@@H](O)[C@H]1O. The van der Waals surface area contributed by atoms with Crippen LogP contribution in [-0.4, -0.2) is 137 Å². The third-order valence-corrected chi connectivity index (χ3v) is 12.6. The van der Waals surface area contributed by atoms with E-state index in [1.807, 2.05) is 18.0 Å². The topological polar surface area (TPSA) is 252 Å². The van der Waals surface area contributed by atoms with E-state index in [1.54, 1.807) is 6.21 Å². The summed E-state index contributed by atoms with van der Waals surface area (Å²) in [6, 6.07) is -0.423. The zero-order chi connectivity index (χ0) is 39.0. The minimum atomic E-state index is -1.20. The predicted molar refractivity (Wildman–Crippen MR) is 215 cm³/mol. The Hall–Kier alpha value is -3.52. The van der Waals surface area contributed by atoms with Crippen LogP contribution in [0.25, 0.3) is 11.2 Å². The molecule has 55 heavy (non-hydrogen) atoms. The van der Waals surface area contributed by atoms with Crippen LogP contribution >= 0.6 is 23.5 Å². The number of hydrogen-bond donors (Lipinski definition) is 7. The minimum Gasteiger partial charge on any atom is -0.480 e. The predicted octanol–water partition coefficient (Wildman–Crippen LogP) is 2.71. The molecule has 304 valence electrons. The van der Waals surface area contributed by atoms with Gasteiger partial charge in [0.1, 0.15) is 30.1 Å². The molecule has 0 radical (unpaired) electrons. The summed E-state index contributed by atoms with van der Waals surface area (Å²) in [7, 11) is 0. The first-order chi connectivity index (χ1) is 26.7. The van der Waals surface area contributed by atoms with Crippen molar-refractivity contribution in [3.63, 3.8) is 0 Å². The minimum absolute atomic E-state index is 0.0578. The van der Waals surface area contributed by atoms with Crippen LogP contribution in [0.3, 0.4) is 0 Å². The number of aliphatic imine (C=N–C) groups is 2. The van der Waals surface area contributed by atoms with Crippen LogP contribution in [-0.2, 0) is 14.3 Å². The van der Waals surface area contributed by atoms with Crippen LogP contribution < -0.4 is 21.7 Å². The highest BCUT2D eigenvalue weighted by molar-refractivity contribution is 8.00. The van der Waals surface area contributed by atoms with Crippen LogP contribution in [0.5, 0.6) is 0 Å². The highest BCUT2D eigenvalue weighted by Gasteiger charge is 2.44. The molecule has 3 aliphatic heterocycles. The summed E-state index contributed by atoms with van der Waals surface area (Å²) in [4.78, 5) is 56.5. The number of carboxylic acids is 1. The number of anilines is 1. The smallest absolute Gasteiger partial charge is 0.328 e. The Kier molecular flexibility index (Phi) is 17.3. The van der Waals surface area contributed by atoms with Crippen molar-refractivity contribution in [3.8, 4) is 0 Å². The summed E-state index contributed by atoms with van der Waals surface area (Å²) in [5.41, 5.74) is 6.63. The number of fused-ring (bicyclic) bond motifs is 2. The van der Waals surface area contributed by atoms with Crippen molar-refractivity contribution >= 4 is 70.8 Å². The number of urea groups is 1. The molecule has 3 saturated heterocycles. The summed E-state index contributed by atoms with van der Waals surface area (Å²) in [6.07, 6.45) is 13.8. The fourth-order valence-corrected chi connectivity index (χ4v) is 9.54. The number of aromatic nitrogens is 4. The number of hydrogen-bond acceptors (Lipinski definition) is 14. The fourth-order valence-electron chi connectivity index (χ4n) is 6.94. The number of amides is 3. The maximum atomic E-state index is 12.1. The number of carbonyl (C=O) groups is 3. The van der Waals surface area contributed by atoms with Crippen molar-refractivity contribution in [1.29, 1.82) is 0 Å². The largest absolute Gasteiger partial charge is 0.480 e. The molecule has 3 amide bonds. The molecule has 17 nitrogen and oxygen atoms in total. The number of rotatable bonds is 25. The number of nitrogen functional groups attached to an aromatic ring is 1. The third kappa shape index (κ3) is 12.7. The van der Waals surface area contributed by atoms with Crippen molar-refractivity contribution < 1.29 is 34.4 Å². The van der Waals surface area contributed by atoms with Crippen molar-refractivity contribution in [1.82, 2.24) is 35.5 Å². The second-order valence-electron chi connectivity index (χ2n) is 14.2. The molecule has 0 bridgehead atoms. The van der Waals surface area contributed by atoms with Gasteiger partial charge in [0.05, 0.1) is 24.5 Å². The van der Waals surface area contributed by atoms with Gasteiger partial charge in [-0.2, -0.15) is 23.5 Å². The average Bonchev–Trinajstić information content (AvgIpc) is 3.93. The van der Waals surface area contributed by atoms with E-state index in [4.69, 9.17) is 10.5 Å². The molecule has 2 aromatic rings. The summed E-state index contributed by atoms with van der Waals surface area (Å²) in [6.45, 7) is 1.49.